The molecule has 17 nitrogen and oxygen atoms in total. The Balaban J connectivity index is 0.000000859. The zero-order valence-electron chi connectivity index (χ0n) is 20.0. The Labute approximate surface area is 211 Å². The molecule has 212 valence electrons. The molecule has 0 spiro atoms. The first-order valence-corrected chi connectivity index (χ1v) is 11.1. The Morgan fingerprint density at radius 1 is 0.541 bits per heavy atom. The number of hydrogen-bond acceptors (Lipinski definition) is 12. The molecule has 2 aliphatic heterocycles. The summed E-state index contributed by atoms with van der Waals surface area (Å²) in [6, 6.07) is 0. The predicted octanol–water partition coefficient (Wildman–Crippen LogP) is -3.66. The largest absolute Gasteiger partial charge is 0.481 e. The second-order valence-electron chi connectivity index (χ2n) is 8.00. The maximum Gasteiger partial charge on any atom is 0.349 e. The van der Waals surface area contributed by atoms with E-state index in [9.17, 15) is 33.9 Å². The molecule has 0 radical (unpaired) electrons. The zero-order chi connectivity index (χ0) is 28.5. The van der Waals surface area contributed by atoms with Gasteiger partial charge in [-0.05, 0) is 0 Å². The van der Waals surface area contributed by atoms with Crippen molar-refractivity contribution in [2.24, 2.45) is 0 Å². The van der Waals surface area contributed by atoms with Crippen LogP contribution in [0.2, 0.25) is 0 Å². The lowest BCUT2D eigenvalue weighted by Crippen LogP contribution is -2.49. The molecule has 0 aromatic heterocycles. The summed E-state index contributed by atoms with van der Waals surface area (Å²) in [5.74, 6) is -11.6. The maximum absolute atomic E-state index is 11.7. The number of piperazine rings is 2. The minimum absolute atomic E-state index is 1.14. The van der Waals surface area contributed by atoms with E-state index in [0.717, 1.165) is 52.4 Å². The number of carbonyl (C=O) groups excluding carboxylic acids is 1. The average molecular weight is 539 g/mol. The minimum Gasteiger partial charge on any atom is -0.481 e. The number of carboxylic acid groups (broad SMARTS) is 5. The fourth-order valence-corrected chi connectivity index (χ4v) is 2.98. The monoisotopic (exact) mass is 538 g/mol. The number of carboxylic acids is 5. The molecular weight excluding hydrogens is 504 g/mol. The van der Waals surface area contributed by atoms with Crippen LogP contribution < -0.4 is 21.3 Å². The van der Waals surface area contributed by atoms with E-state index in [2.05, 4.69) is 26.0 Å². The lowest BCUT2D eigenvalue weighted by atomic mass is 9.93. The minimum atomic E-state index is -3.17. The molecule has 0 aromatic rings. The molecule has 0 aliphatic carbocycles. The Morgan fingerprint density at radius 2 is 0.865 bits per heavy atom. The van der Waals surface area contributed by atoms with Crippen molar-refractivity contribution >= 4 is 35.8 Å². The van der Waals surface area contributed by atoms with Gasteiger partial charge in [0.05, 0.1) is 25.7 Å². The van der Waals surface area contributed by atoms with E-state index in [4.69, 9.17) is 25.5 Å². The van der Waals surface area contributed by atoms with Gasteiger partial charge in [-0.1, -0.05) is 0 Å². The van der Waals surface area contributed by atoms with Crippen molar-refractivity contribution in [2.45, 2.75) is 36.9 Å². The number of carbonyl (C=O) groups is 6. The van der Waals surface area contributed by atoms with Gasteiger partial charge in [0.2, 0.25) is 5.60 Å². The van der Waals surface area contributed by atoms with Crippen LogP contribution in [0.3, 0.4) is 0 Å². The third-order valence-corrected chi connectivity index (χ3v) is 4.77. The Bertz CT molecular complexity index is 748. The summed E-state index contributed by atoms with van der Waals surface area (Å²) < 4.78 is 4.33. The predicted molar refractivity (Wildman–Crippen MR) is 122 cm³/mol. The highest BCUT2D eigenvalue weighted by atomic mass is 16.6. The number of nitrogens with one attached hydrogen (secondary N) is 4. The summed E-state index contributed by atoms with van der Waals surface area (Å²) >= 11 is 0. The molecule has 1 unspecified atom stereocenters. The van der Waals surface area contributed by atoms with Crippen LogP contribution >= 0.6 is 0 Å². The van der Waals surface area contributed by atoms with Crippen LogP contribution in [-0.4, -0.2) is 130 Å². The van der Waals surface area contributed by atoms with Crippen molar-refractivity contribution in [1.29, 1.82) is 0 Å². The third kappa shape index (κ3) is 14.7. The molecule has 0 saturated carbocycles. The van der Waals surface area contributed by atoms with Gasteiger partial charge in [0, 0.05) is 52.4 Å². The molecule has 17 heteroatoms. The number of hydrogen-bond donors (Lipinski definition) is 10. The van der Waals surface area contributed by atoms with Gasteiger partial charge in [-0.2, -0.15) is 0 Å². The SMILES string of the molecule is C1CNCCN1.C1CNCCN1.O=C(O)CC(O)(CC(=O)OC(CC(=O)O)(CC(=O)O)C(=O)O)C(=O)O. The fourth-order valence-electron chi connectivity index (χ4n) is 2.98. The van der Waals surface area contributed by atoms with Gasteiger partial charge in [0.15, 0.2) is 5.60 Å². The molecule has 2 fully saturated rings. The summed E-state index contributed by atoms with van der Waals surface area (Å²) in [5, 5.41) is 66.3. The quantitative estimate of drug-likeness (QED) is 0.113. The molecule has 0 aromatic carbocycles. The topological polar surface area (TPSA) is 281 Å². The van der Waals surface area contributed by atoms with Gasteiger partial charge in [0.25, 0.3) is 0 Å². The van der Waals surface area contributed by atoms with Crippen molar-refractivity contribution in [3.63, 3.8) is 0 Å². The Morgan fingerprint density at radius 3 is 1.08 bits per heavy atom. The molecule has 37 heavy (non-hydrogen) atoms. The van der Waals surface area contributed by atoms with Crippen molar-refractivity contribution in [1.82, 2.24) is 21.3 Å². The van der Waals surface area contributed by atoms with Gasteiger partial charge in [-0.15, -0.1) is 0 Å². The molecule has 10 N–H and O–H groups in total. The van der Waals surface area contributed by atoms with Crippen LogP contribution in [0.25, 0.3) is 0 Å². The number of esters is 1. The smallest absolute Gasteiger partial charge is 0.349 e. The Kier molecular flexibility index (Phi) is 15.6. The number of rotatable bonds is 11. The maximum atomic E-state index is 11.7. The highest BCUT2D eigenvalue weighted by Crippen LogP contribution is 2.25. The van der Waals surface area contributed by atoms with E-state index in [1.54, 1.807) is 0 Å². The number of ether oxygens (including phenoxy) is 1. The number of aliphatic carboxylic acids is 5. The summed E-state index contributed by atoms with van der Waals surface area (Å²) in [7, 11) is 0. The van der Waals surface area contributed by atoms with E-state index in [1.807, 2.05) is 0 Å². The highest BCUT2D eigenvalue weighted by molar-refractivity contribution is 5.92. The van der Waals surface area contributed by atoms with E-state index in [-0.39, 0.29) is 0 Å². The van der Waals surface area contributed by atoms with E-state index in [1.165, 1.54) is 0 Å². The average Bonchev–Trinajstić information content (AvgIpc) is 2.80. The summed E-state index contributed by atoms with van der Waals surface area (Å²) in [6.07, 6.45) is -5.94. The van der Waals surface area contributed by atoms with E-state index < -0.39 is 72.7 Å². The van der Waals surface area contributed by atoms with Crippen LogP contribution in [0.1, 0.15) is 25.7 Å². The first-order chi connectivity index (χ1) is 17.2. The van der Waals surface area contributed by atoms with Crippen molar-refractivity contribution in [3.05, 3.63) is 0 Å². The van der Waals surface area contributed by atoms with Crippen molar-refractivity contribution < 1.29 is 64.1 Å². The fraction of sp³-hybridized carbons (Fsp3) is 0.700. The first kappa shape index (κ1) is 33.6. The van der Waals surface area contributed by atoms with Crippen molar-refractivity contribution in [3.8, 4) is 0 Å². The third-order valence-electron chi connectivity index (χ3n) is 4.77. The molecule has 0 bridgehead atoms. The second kappa shape index (κ2) is 17.1. The first-order valence-electron chi connectivity index (χ1n) is 11.1. The van der Waals surface area contributed by atoms with Crippen LogP contribution in [0.5, 0.6) is 0 Å². The highest BCUT2D eigenvalue weighted by Gasteiger charge is 2.49. The Hall–Kier alpha value is -3.38. The molecule has 2 heterocycles. The summed E-state index contributed by atoms with van der Waals surface area (Å²) in [4.78, 5) is 66.0. The normalized spacial score (nSPS) is 16.8. The van der Waals surface area contributed by atoms with Crippen LogP contribution in [-0.2, 0) is 33.5 Å². The van der Waals surface area contributed by atoms with Crippen molar-refractivity contribution in [2.75, 3.05) is 52.4 Å². The number of aliphatic hydroxyl groups is 1. The van der Waals surface area contributed by atoms with E-state index >= 15 is 0 Å². The van der Waals surface area contributed by atoms with Gasteiger partial charge in [-0.3, -0.25) is 19.2 Å². The lowest BCUT2D eigenvalue weighted by molar-refractivity contribution is -0.191. The zero-order valence-corrected chi connectivity index (χ0v) is 20.0. The van der Waals surface area contributed by atoms with E-state index in [0.29, 0.717) is 0 Å². The molecule has 2 aliphatic rings. The molecule has 2 rings (SSSR count). The molecule has 0 amide bonds. The van der Waals surface area contributed by atoms with Gasteiger partial charge in [-0.25, -0.2) is 9.59 Å². The molecule has 2 saturated heterocycles. The second-order valence-corrected chi connectivity index (χ2v) is 8.00. The van der Waals surface area contributed by atoms with Crippen LogP contribution in [0.15, 0.2) is 0 Å². The van der Waals surface area contributed by atoms with Gasteiger partial charge >= 0.3 is 35.8 Å². The standard InChI is InChI=1S/C12H14O13.2C4H10N2/c13-5(14)1-11(24,9(20)21)4-8(19)25-12(10(22)23,2-6(15)16)3-7(17)18;2*1-2-6-4-3-5-1/h24H,1-4H2,(H,13,14)(H,15,16)(H,17,18)(H,20,21)(H,22,23);2*5-6H,1-4H2. The summed E-state index contributed by atoms with van der Waals surface area (Å²) in [5.41, 5.74) is -6.24. The van der Waals surface area contributed by atoms with Gasteiger partial charge in [0.1, 0.15) is 0 Å². The molecular formula is C20H34N4O13. The van der Waals surface area contributed by atoms with Crippen LogP contribution in [0.4, 0.5) is 0 Å². The molecule has 1 atom stereocenters. The van der Waals surface area contributed by atoms with Gasteiger partial charge < -0.3 is 56.6 Å². The van der Waals surface area contributed by atoms with Crippen LogP contribution in [0, 0.1) is 0 Å². The lowest BCUT2D eigenvalue weighted by Gasteiger charge is -2.28. The summed E-state index contributed by atoms with van der Waals surface area (Å²) in [6.45, 7) is 9.11.